The van der Waals surface area contributed by atoms with Gasteiger partial charge in [0.2, 0.25) is 0 Å². The van der Waals surface area contributed by atoms with E-state index in [9.17, 15) is 18.9 Å². The second-order valence-electron chi connectivity index (χ2n) is 6.90. The van der Waals surface area contributed by atoms with Crippen molar-refractivity contribution in [2.45, 2.75) is 32.4 Å². The summed E-state index contributed by atoms with van der Waals surface area (Å²) in [5, 5.41) is 2.51. The number of carbonyl (C=O) groups excluding carboxylic acids is 1. The van der Waals surface area contributed by atoms with Crippen molar-refractivity contribution in [2.75, 3.05) is 20.3 Å². The first-order valence-corrected chi connectivity index (χ1v) is 11.2. The fourth-order valence-electron chi connectivity index (χ4n) is 2.81. The molecule has 32 heavy (non-hydrogen) atoms. The number of aryl methyl sites for hydroxylation is 1. The van der Waals surface area contributed by atoms with Gasteiger partial charge in [-0.05, 0) is 26.0 Å². The van der Waals surface area contributed by atoms with Gasteiger partial charge in [0.05, 0.1) is 13.7 Å². The summed E-state index contributed by atoms with van der Waals surface area (Å²) in [5.41, 5.74) is -0.813. The zero-order valence-electron chi connectivity index (χ0n) is 17.7. The van der Waals surface area contributed by atoms with Crippen molar-refractivity contribution in [3.05, 3.63) is 62.9 Å². The molecule has 2 heterocycles. The van der Waals surface area contributed by atoms with Gasteiger partial charge in [-0.15, -0.1) is 0 Å². The number of carbonyl (C=O) groups is 1. The molecule has 2 aromatic rings. The quantitative estimate of drug-likeness (QED) is 0.404. The first-order chi connectivity index (χ1) is 15.2. The van der Waals surface area contributed by atoms with Crippen molar-refractivity contribution in [1.29, 1.82) is 0 Å². The van der Waals surface area contributed by atoms with Gasteiger partial charge in [-0.25, -0.2) is 9.36 Å². The average molecular weight is 469 g/mol. The van der Waals surface area contributed by atoms with Gasteiger partial charge in [-0.1, -0.05) is 18.2 Å². The number of hydrogen-bond donors (Lipinski definition) is 2. The number of hydrogen-bond acceptors (Lipinski definition) is 9. The molecule has 4 atom stereocenters. The Labute approximate surface area is 183 Å². The lowest BCUT2D eigenvalue weighted by Gasteiger charge is -2.23. The minimum absolute atomic E-state index is 0.00471. The summed E-state index contributed by atoms with van der Waals surface area (Å²) < 4.78 is 41.2. The van der Waals surface area contributed by atoms with Crippen molar-refractivity contribution >= 4 is 13.7 Å². The van der Waals surface area contributed by atoms with Crippen molar-refractivity contribution in [3.8, 4) is 5.75 Å². The van der Waals surface area contributed by atoms with Crippen LogP contribution in [0.5, 0.6) is 5.75 Å². The highest BCUT2D eigenvalue weighted by molar-refractivity contribution is 7.52. The monoisotopic (exact) mass is 469 g/mol. The SMILES string of the molecule is COC(=O)[C@@H](C)NP(=O)(OC[C@@H]1OC[C@H](n2cc(C)c(=O)[nH]c2=O)O1)Oc1ccccc1. The number of aromatic nitrogens is 2. The van der Waals surface area contributed by atoms with Crippen LogP contribution in [0.4, 0.5) is 0 Å². The van der Waals surface area contributed by atoms with Gasteiger partial charge < -0.3 is 18.7 Å². The average Bonchev–Trinajstić information content (AvgIpc) is 3.23. The number of H-pyrrole nitrogens is 1. The van der Waals surface area contributed by atoms with E-state index in [1.54, 1.807) is 37.3 Å². The normalized spacial score (nSPS) is 21.0. The topological polar surface area (TPSA) is 147 Å². The lowest BCUT2D eigenvalue weighted by molar-refractivity contribution is -0.142. The van der Waals surface area contributed by atoms with Crippen LogP contribution in [-0.2, 0) is 28.1 Å². The Bertz CT molecular complexity index is 1100. The highest BCUT2D eigenvalue weighted by Gasteiger charge is 2.36. The fraction of sp³-hybridized carbons (Fsp3) is 0.421. The highest BCUT2D eigenvalue weighted by atomic mass is 31.2. The molecule has 174 valence electrons. The standard InChI is InChI=1S/C19H24N3O9P/c1-12-9-22(19(25)20-17(12)23)15-10-28-16(30-15)11-29-32(26,21-13(2)18(24)27-3)31-14-7-5-4-6-8-14/h4-9,13,15-16H,10-11H2,1-3H3,(H,21,26)(H,20,23,25)/t13-,15-,16-,32?/m1/s1. The summed E-state index contributed by atoms with van der Waals surface area (Å²) in [7, 11) is -2.86. The van der Waals surface area contributed by atoms with Crippen LogP contribution in [0.2, 0.25) is 0 Å². The van der Waals surface area contributed by atoms with E-state index in [2.05, 4.69) is 14.8 Å². The third-order valence-electron chi connectivity index (χ3n) is 4.45. The number of benzene rings is 1. The first-order valence-electron chi connectivity index (χ1n) is 9.65. The number of esters is 1. The second kappa shape index (κ2) is 10.2. The van der Waals surface area contributed by atoms with Gasteiger partial charge in [0.1, 0.15) is 18.4 Å². The number of nitrogens with one attached hydrogen (secondary N) is 2. The predicted molar refractivity (Wildman–Crippen MR) is 111 cm³/mol. The molecule has 13 heteroatoms. The Balaban J connectivity index is 1.68. The smallest absolute Gasteiger partial charge is 0.459 e. The number of nitrogens with zero attached hydrogens (tertiary/aromatic N) is 1. The second-order valence-corrected chi connectivity index (χ2v) is 8.60. The van der Waals surface area contributed by atoms with Crippen LogP contribution in [0.25, 0.3) is 0 Å². The van der Waals surface area contributed by atoms with Crippen molar-refractivity contribution in [2.24, 2.45) is 0 Å². The maximum Gasteiger partial charge on any atom is 0.459 e. The molecule has 2 N–H and O–H groups in total. The van der Waals surface area contributed by atoms with E-state index in [0.29, 0.717) is 5.56 Å². The molecule has 1 aliphatic heterocycles. The summed E-state index contributed by atoms with van der Waals surface area (Å²) in [4.78, 5) is 37.5. The maximum absolute atomic E-state index is 13.3. The summed E-state index contributed by atoms with van der Waals surface area (Å²) in [5.74, 6) is -0.409. The molecule has 1 aliphatic rings. The molecule has 1 saturated heterocycles. The summed E-state index contributed by atoms with van der Waals surface area (Å²) in [6, 6.07) is 7.27. The van der Waals surface area contributed by atoms with Crippen molar-refractivity contribution in [3.63, 3.8) is 0 Å². The van der Waals surface area contributed by atoms with E-state index in [0.717, 1.165) is 0 Å². The van der Waals surface area contributed by atoms with Gasteiger partial charge in [0.15, 0.2) is 12.5 Å². The van der Waals surface area contributed by atoms with Crippen LogP contribution < -0.4 is 20.9 Å². The summed E-state index contributed by atoms with van der Waals surface area (Å²) in [6.07, 6.45) is -0.438. The molecule has 1 aromatic heterocycles. The lowest BCUT2D eigenvalue weighted by atomic mass is 10.3. The Morgan fingerprint density at radius 3 is 2.75 bits per heavy atom. The van der Waals surface area contributed by atoms with Gasteiger partial charge >= 0.3 is 19.4 Å². The van der Waals surface area contributed by atoms with E-state index in [1.165, 1.54) is 24.8 Å². The van der Waals surface area contributed by atoms with Gasteiger partial charge in [0.25, 0.3) is 5.56 Å². The highest BCUT2D eigenvalue weighted by Crippen LogP contribution is 2.45. The zero-order valence-corrected chi connectivity index (χ0v) is 18.6. The number of para-hydroxylation sites is 1. The lowest BCUT2D eigenvalue weighted by Crippen LogP contribution is -2.35. The number of aromatic amines is 1. The molecule has 0 amide bonds. The Morgan fingerprint density at radius 2 is 2.06 bits per heavy atom. The van der Waals surface area contributed by atoms with E-state index in [1.807, 2.05) is 0 Å². The molecule has 1 fully saturated rings. The van der Waals surface area contributed by atoms with Crippen LogP contribution >= 0.6 is 7.75 Å². The minimum atomic E-state index is -4.06. The third-order valence-corrected chi connectivity index (χ3v) is 6.09. The van der Waals surface area contributed by atoms with Gasteiger partial charge in [0, 0.05) is 11.8 Å². The molecule has 1 aromatic carbocycles. The van der Waals surface area contributed by atoms with Gasteiger partial charge in [-0.3, -0.25) is 23.7 Å². The maximum atomic E-state index is 13.3. The largest absolute Gasteiger partial charge is 0.468 e. The molecule has 12 nitrogen and oxygen atoms in total. The molecule has 0 saturated carbocycles. The first kappa shape index (κ1) is 23.9. The van der Waals surface area contributed by atoms with Crippen molar-refractivity contribution < 1.29 is 32.6 Å². The Kier molecular flexibility index (Phi) is 7.64. The fourth-order valence-corrected chi connectivity index (χ4v) is 4.29. The van der Waals surface area contributed by atoms with Crippen molar-refractivity contribution in [1.82, 2.24) is 14.6 Å². The molecule has 3 rings (SSSR count). The van der Waals surface area contributed by atoms with Crippen LogP contribution in [0.1, 0.15) is 18.7 Å². The van der Waals surface area contributed by atoms with E-state index in [-0.39, 0.29) is 19.0 Å². The Morgan fingerprint density at radius 1 is 1.34 bits per heavy atom. The van der Waals surface area contributed by atoms with Crippen LogP contribution in [0.15, 0.2) is 46.1 Å². The molecule has 0 aliphatic carbocycles. The molecular weight excluding hydrogens is 445 g/mol. The van der Waals surface area contributed by atoms with Gasteiger partial charge in [-0.2, -0.15) is 5.09 Å². The minimum Gasteiger partial charge on any atom is -0.468 e. The number of ether oxygens (including phenoxy) is 3. The molecule has 0 spiro atoms. The van der Waals surface area contributed by atoms with E-state index < -0.39 is 43.5 Å². The third kappa shape index (κ3) is 5.93. The Hall–Kier alpha value is -2.76. The molecule has 1 unspecified atom stereocenters. The number of methoxy groups -OCH3 is 1. The predicted octanol–water partition coefficient (Wildman–Crippen LogP) is 1.07. The zero-order chi connectivity index (χ0) is 23.3. The summed E-state index contributed by atoms with van der Waals surface area (Å²) >= 11 is 0. The number of rotatable bonds is 9. The molecule has 0 radical (unpaired) electrons. The van der Waals surface area contributed by atoms with E-state index in [4.69, 9.17) is 18.5 Å². The van der Waals surface area contributed by atoms with Crippen LogP contribution in [0.3, 0.4) is 0 Å². The molecular formula is C19H24N3O9P. The van der Waals surface area contributed by atoms with Crippen LogP contribution in [-0.4, -0.2) is 48.2 Å². The summed E-state index contributed by atoms with van der Waals surface area (Å²) in [6.45, 7) is 2.66. The molecule has 0 bridgehead atoms. The van der Waals surface area contributed by atoms with Crippen LogP contribution in [0, 0.1) is 6.92 Å². The van der Waals surface area contributed by atoms with E-state index >= 15 is 0 Å².